The van der Waals surface area contributed by atoms with Crippen molar-refractivity contribution in [2.24, 2.45) is 0 Å². The van der Waals surface area contributed by atoms with Crippen molar-refractivity contribution in [2.45, 2.75) is 25.3 Å². The lowest BCUT2D eigenvalue weighted by atomic mass is 9.94. The largest absolute Gasteiger partial charge is 0.493 e. The van der Waals surface area contributed by atoms with Gasteiger partial charge in [-0.05, 0) is 37.1 Å². The average molecular weight is 313 g/mol. The molecule has 1 aliphatic heterocycles. The molecule has 0 amide bonds. The third-order valence-electron chi connectivity index (χ3n) is 4.36. The molecule has 3 rings (SSSR count). The molecule has 0 bridgehead atoms. The molecule has 5 nitrogen and oxygen atoms in total. The van der Waals surface area contributed by atoms with Crippen molar-refractivity contribution in [3.8, 4) is 11.5 Å². The van der Waals surface area contributed by atoms with E-state index in [1.165, 1.54) is 18.4 Å². The molecule has 1 saturated heterocycles. The molecule has 1 aliphatic rings. The highest BCUT2D eigenvalue weighted by atomic mass is 16.5. The normalized spacial score (nSPS) is 18.6. The molecule has 0 radical (unpaired) electrons. The fourth-order valence-corrected chi connectivity index (χ4v) is 3.20. The van der Waals surface area contributed by atoms with Crippen molar-refractivity contribution in [1.29, 1.82) is 0 Å². The summed E-state index contributed by atoms with van der Waals surface area (Å²) in [6, 6.07) is 6.14. The molecule has 1 fully saturated rings. The van der Waals surface area contributed by atoms with Gasteiger partial charge in [-0.25, -0.2) is 0 Å². The Labute approximate surface area is 137 Å². The van der Waals surface area contributed by atoms with Crippen LogP contribution in [-0.2, 0) is 6.54 Å². The van der Waals surface area contributed by atoms with Gasteiger partial charge in [0.25, 0.3) is 0 Å². The maximum Gasteiger partial charge on any atom is 0.161 e. The third kappa shape index (κ3) is 3.79. The van der Waals surface area contributed by atoms with E-state index in [1.807, 2.05) is 12.3 Å². The Kier molecular flexibility index (Phi) is 5.08. The summed E-state index contributed by atoms with van der Waals surface area (Å²) in [5.74, 6) is 2.03. The van der Waals surface area contributed by atoms with Crippen LogP contribution in [0.2, 0.25) is 0 Å². The molecule has 1 atom stereocenters. The summed E-state index contributed by atoms with van der Waals surface area (Å²) < 4.78 is 10.7. The summed E-state index contributed by atoms with van der Waals surface area (Å²) in [5.41, 5.74) is 2.34. The first kappa shape index (κ1) is 15.7. The molecule has 1 aromatic carbocycles. The van der Waals surface area contributed by atoms with Gasteiger partial charge in [-0.3, -0.25) is 14.9 Å². The fraction of sp³-hybridized carbons (Fsp3) is 0.444. The van der Waals surface area contributed by atoms with Gasteiger partial charge in [0, 0.05) is 37.6 Å². The Hall–Kier alpha value is -2.14. The molecular weight excluding hydrogens is 290 g/mol. The van der Waals surface area contributed by atoms with Gasteiger partial charge >= 0.3 is 0 Å². The molecule has 1 aromatic heterocycles. The Balaban J connectivity index is 1.68. The summed E-state index contributed by atoms with van der Waals surface area (Å²) in [5, 5.41) is 0. The molecule has 2 heterocycles. The first-order chi connectivity index (χ1) is 11.3. The summed E-state index contributed by atoms with van der Waals surface area (Å²) in [4.78, 5) is 11.1. The molecule has 23 heavy (non-hydrogen) atoms. The van der Waals surface area contributed by atoms with Crippen LogP contribution in [0.15, 0.2) is 36.8 Å². The van der Waals surface area contributed by atoms with E-state index in [9.17, 15) is 0 Å². The van der Waals surface area contributed by atoms with Crippen molar-refractivity contribution in [1.82, 2.24) is 14.9 Å². The number of ether oxygens (including phenoxy) is 2. The molecule has 5 heteroatoms. The van der Waals surface area contributed by atoms with Crippen LogP contribution in [0.5, 0.6) is 11.5 Å². The maximum absolute atomic E-state index is 5.39. The highest BCUT2D eigenvalue weighted by molar-refractivity contribution is 5.42. The summed E-state index contributed by atoms with van der Waals surface area (Å²) in [7, 11) is 3.33. The second kappa shape index (κ2) is 7.42. The molecule has 0 spiro atoms. The van der Waals surface area contributed by atoms with Crippen LogP contribution >= 0.6 is 0 Å². The SMILES string of the molecule is COc1ccc(CN2CCCC(c3cnccn3)C2)cc1OC. The second-order valence-corrected chi connectivity index (χ2v) is 5.89. The quantitative estimate of drug-likeness (QED) is 0.849. The Bertz CT molecular complexity index is 633. The van der Waals surface area contributed by atoms with E-state index in [0.29, 0.717) is 5.92 Å². The van der Waals surface area contributed by atoms with Gasteiger partial charge in [-0.2, -0.15) is 0 Å². The van der Waals surface area contributed by atoms with Crippen molar-refractivity contribution >= 4 is 0 Å². The van der Waals surface area contributed by atoms with Gasteiger partial charge in [0.2, 0.25) is 0 Å². The monoisotopic (exact) mass is 313 g/mol. The highest BCUT2D eigenvalue weighted by Crippen LogP contribution is 2.30. The van der Waals surface area contributed by atoms with Crippen LogP contribution < -0.4 is 9.47 Å². The van der Waals surface area contributed by atoms with E-state index >= 15 is 0 Å². The number of aromatic nitrogens is 2. The van der Waals surface area contributed by atoms with Crippen molar-refractivity contribution in [3.63, 3.8) is 0 Å². The zero-order chi connectivity index (χ0) is 16.1. The van der Waals surface area contributed by atoms with E-state index < -0.39 is 0 Å². The zero-order valence-corrected chi connectivity index (χ0v) is 13.7. The summed E-state index contributed by atoms with van der Waals surface area (Å²) in [6.45, 7) is 3.05. The van der Waals surface area contributed by atoms with E-state index in [1.54, 1.807) is 26.6 Å². The van der Waals surface area contributed by atoms with E-state index in [4.69, 9.17) is 9.47 Å². The second-order valence-electron chi connectivity index (χ2n) is 5.89. The van der Waals surface area contributed by atoms with Crippen LogP contribution in [0.4, 0.5) is 0 Å². The number of likely N-dealkylation sites (tertiary alicyclic amines) is 1. The number of methoxy groups -OCH3 is 2. The zero-order valence-electron chi connectivity index (χ0n) is 13.7. The van der Waals surface area contributed by atoms with Gasteiger partial charge in [0.05, 0.1) is 19.9 Å². The van der Waals surface area contributed by atoms with E-state index in [0.717, 1.165) is 36.8 Å². The van der Waals surface area contributed by atoms with Crippen LogP contribution in [0.3, 0.4) is 0 Å². The Morgan fingerprint density at radius 3 is 2.78 bits per heavy atom. The summed E-state index contributed by atoms with van der Waals surface area (Å²) >= 11 is 0. The van der Waals surface area contributed by atoms with Crippen molar-refractivity contribution in [3.05, 3.63) is 48.0 Å². The molecule has 122 valence electrons. The number of nitrogens with zero attached hydrogens (tertiary/aromatic N) is 3. The lowest BCUT2D eigenvalue weighted by Gasteiger charge is -2.32. The predicted octanol–water partition coefficient (Wildman–Crippen LogP) is 2.87. The average Bonchev–Trinajstić information content (AvgIpc) is 2.62. The van der Waals surface area contributed by atoms with Gasteiger partial charge < -0.3 is 9.47 Å². The van der Waals surface area contributed by atoms with Crippen LogP contribution in [0.1, 0.15) is 30.0 Å². The number of hydrogen-bond acceptors (Lipinski definition) is 5. The Morgan fingerprint density at radius 1 is 1.17 bits per heavy atom. The maximum atomic E-state index is 5.39. The number of hydrogen-bond donors (Lipinski definition) is 0. The van der Waals surface area contributed by atoms with E-state index in [2.05, 4.69) is 27.0 Å². The minimum atomic E-state index is 0.470. The number of piperidine rings is 1. The van der Waals surface area contributed by atoms with Crippen LogP contribution in [0, 0.1) is 0 Å². The smallest absolute Gasteiger partial charge is 0.161 e. The van der Waals surface area contributed by atoms with Crippen LogP contribution in [0.25, 0.3) is 0 Å². The van der Waals surface area contributed by atoms with Gasteiger partial charge in [-0.15, -0.1) is 0 Å². The van der Waals surface area contributed by atoms with Gasteiger partial charge in [0.1, 0.15) is 0 Å². The first-order valence-corrected chi connectivity index (χ1v) is 7.99. The van der Waals surface area contributed by atoms with Crippen molar-refractivity contribution in [2.75, 3.05) is 27.3 Å². The third-order valence-corrected chi connectivity index (χ3v) is 4.36. The molecule has 0 aliphatic carbocycles. The molecule has 0 saturated carbocycles. The minimum absolute atomic E-state index is 0.470. The lowest BCUT2D eigenvalue weighted by Crippen LogP contribution is -2.34. The molecular formula is C18H23N3O2. The Morgan fingerprint density at radius 2 is 2.04 bits per heavy atom. The molecule has 2 aromatic rings. The molecule has 0 N–H and O–H groups in total. The topological polar surface area (TPSA) is 47.5 Å². The number of benzene rings is 1. The fourth-order valence-electron chi connectivity index (χ4n) is 3.20. The van der Waals surface area contributed by atoms with Gasteiger partial charge in [0.15, 0.2) is 11.5 Å². The predicted molar refractivity (Wildman–Crippen MR) is 88.8 cm³/mol. The van der Waals surface area contributed by atoms with Gasteiger partial charge in [-0.1, -0.05) is 6.07 Å². The lowest BCUT2D eigenvalue weighted by molar-refractivity contribution is 0.198. The standard InChI is InChI=1S/C18H23N3O2/c1-22-17-6-5-14(10-18(17)23-2)12-21-9-3-4-15(13-21)16-11-19-7-8-20-16/h5-8,10-11,15H,3-4,9,12-13H2,1-2H3. The summed E-state index contributed by atoms with van der Waals surface area (Å²) in [6.07, 6.45) is 7.77. The van der Waals surface area contributed by atoms with Crippen molar-refractivity contribution < 1.29 is 9.47 Å². The minimum Gasteiger partial charge on any atom is -0.493 e. The van der Waals surface area contributed by atoms with Crippen LogP contribution in [-0.4, -0.2) is 42.2 Å². The first-order valence-electron chi connectivity index (χ1n) is 7.99. The highest BCUT2D eigenvalue weighted by Gasteiger charge is 2.22. The molecule has 1 unspecified atom stereocenters. The van der Waals surface area contributed by atoms with E-state index in [-0.39, 0.29) is 0 Å². The number of rotatable bonds is 5.